The first-order valence-electron chi connectivity index (χ1n) is 8.08. The lowest BCUT2D eigenvalue weighted by Crippen LogP contribution is -2.24. The van der Waals surface area contributed by atoms with E-state index in [1.165, 1.54) is 5.56 Å². The molecule has 138 valence electrons. The monoisotopic (exact) mass is 394 g/mol. The summed E-state index contributed by atoms with van der Waals surface area (Å²) in [4.78, 5) is 23.7. The Morgan fingerprint density at radius 1 is 0.962 bits per heavy atom. The van der Waals surface area contributed by atoms with Gasteiger partial charge in [0.25, 0.3) is 0 Å². The maximum absolute atomic E-state index is 11.9. The lowest BCUT2D eigenvalue weighted by Gasteiger charge is -2.10. The standard InChI is InChI=1S/C19H20Cl2N2O3/c1-12(2)13-6-8-14(9-7-13)22-17(24)10-26-11-18(25)23-16-5-3-4-15(20)19(16)21/h3-9,12H,10-11H2,1-2H3,(H,22,24)(H,23,25). The zero-order valence-corrected chi connectivity index (χ0v) is 16.0. The van der Waals surface area contributed by atoms with Gasteiger partial charge in [-0.25, -0.2) is 0 Å². The molecule has 0 heterocycles. The number of halogens is 2. The Balaban J connectivity index is 1.75. The van der Waals surface area contributed by atoms with E-state index in [-0.39, 0.29) is 24.1 Å². The number of benzene rings is 2. The summed E-state index contributed by atoms with van der Waals surface area (Å²) in [7, 11) is 0. The number of nitrogens with one attached hydrogen (secondary N) is 2. The fraction of sp³-hybridized carbons (Fsp3) is 0.263. The van der Waals surface area contributed by atoms with Crippen molar-refractivity contribution in [2.75, 3.05) is 23.8 Å². The molecule has 0 unspecified atom stereocenters. The summed E-state index contributed by atoms with van der Waals surface area (Å²) in [5.74, 6) is -0.339. The molecule has 2 aromatic carbocycles. The molecule has 0 aliphatic heterocycles. The van der Waals surface area contributed by atoms with Crippen molar-refractivity contribution < 1.29 is 14.3 Å². The molecular weight excluding hydrogens is 375 g/mol. The molecule has 2 aromatic rings. The van der Waals surface area contributed by atoms with Crippen molar-refractivity contribution in [2.45, 2.75) is 19.8 Å². The molecule has 0 atom stereocenters. The van der Waals surface area contributed by atoms with Crippen LogP contribution >= 0.6 is 23.2 Å². The fourth-order valence-electron chi connectivity index (χ4n) is 2.17. The Kier molecular flexibility index (Phi) is 7.45. The van der Waals surface area contributed by atoms with Crippen molar-refractivity contribution in [1.82, 2.24) is 0 Å². The SMILES string of the molecule is CC(C)c1ccc(NC(=O)COCC(=O)Nc2cccc(Cl)c2Cl)cc1. The number of ether oxygens (including phenoxy) is 1. The molecule has 7 heteroatoms. The number of amides is 2. The van der Waals surface area contributed by atoms with Gasteiger partial charge in [0, 0.05) is 5.69 Å². The minimum absolute atomic E-state index is 0.234. The predicted molar refractivity (Wildman–Crippen MR) is 105 cm³/mol. The van der Waals surface area contributed by atoms with Gasteiger partial charge in [-0.2, -0.15) is 0 Å². The van der Waals surface area contributed by atoms with Crippen LogP contribution in [0, 0.1) is 0 Å². The summed E-state index contributed by atoms with van der Waals surface area (Å²) >= 11 is 11.9. The van der Waals surface area contributed by atoms with Crippen molar-refractivity contribution in [3.8, 4) is 0 Å². The fourth-order valence-corrected chi connectivity index (χ4v) is 2.52. The molecule has 2 N–H and O–H groups in total. The highest BCUT2D eigenvalue weighted by Gasteiger charge is 2.10. The van der Waals surface area contributed by atoms with Crippen molar-refractivity contribution in [2.24, 2.45) is 0 Å². The van der Waals surface area contributed by atoms with Crippen LogP contribution in [0.1, 0.15) is 25.3 Å². The molecule has 0 aromatic heterocycles. The van der Waals surface area contributed by atoms with Crippen LogP contribution < -0.4 is 10.6 Å². The molecule has 0 radical (unpaired) electrons. The first-order chi connectivity index (χ1) is 12.4. The minimum Gasteiger partial charge on any atom is -0.362 e. The molecule has 0 saturated carbocycles. The van der Waals surface area contributed by atoms with Crippen LogP contribution in [-0.4, -0.2) is 25.0 Å². The molecule has 0 spiro atoms. The summed E-state index contributed by atoms with van der Waals surface area (Å²) in [5, 5.41) is 5.89. The van der Waals surface area contributed by atoms with E-state index in [0.717, 1.165) is 0 Å². The topological polar surface area (TPSA) is 67.4 Å². The van der Waals surface area contributed by atoms with Gasteiger partial charge in [0.2, 0.25) is 11.8 Å². The molecule has 26 heavy (non-hydrogen) atoms. The maximum atomic E-state index is 11.9. The van der Waals surface area contributed by atoms with Gasteiger partial charge in [-0.1, -0.05) is 55.2 Å². The van der Waals surface area contributed by atoms with Crippen LogP contribution in [0.3, 0.4) is 0 Å². The number of hydrogen-bond acceptors (Lipinski definition) is 3. The second-order valence-electron chi connectivity index (χ2n) is 5.97. The van der Waals surface area contributed by atoms with Crippen LogP contribution in [0.5, 0.6) is 0 Å². The van der Waals surface area contributed by atoms with Crippen LogP contribution in [-0.2, 0) is 14.3 Å². The van der Waals surface area contributed by atoms with Gasteiger partial charge in [-0.3, -0.25) is 9.59 Å². The Hall–Kier alpha value is -2.08. The average molecular weight is 395 g/mol. The van der Waals surface area contributed by atoms with E-state index in [1.54, 1.807) is 18.2 Å². The summed E-state index contributed by atoms with van der Waals surface area (Å²) in [6.07, 6.45) is 0. The number of anilines is 2. The molecule has 5 nitrogen and oxygen atoms in total. The maximum Gasteiger partial charge on any atom is 0.250 e. The summed E-state index contributed by atoms with van der Waals surface area (Å²) < 4.78 is 5.13. The second kappa shape index (κ2) is 9.57. The van der Waals surface area contributed by atoms with E-state index in [2.05, 4.69) is 24.5 Å². The highest BCUT2D eigenvalue weighted by atomic mass is 35.5. The molecule has 0 bridgehead atoms. The summed E-state index contributed by atoms with van der Waals surface area (Å²) in [6, 6.07) is 12.5. The molecule has 0 saturated heterocycles. The van der Waals surface area contributed by atoms with Crippen molar-refractivity contribution >= 4 is 46.4 Å². The van der Waals surface area contributed by atoms with Gasteiger partial charge >= 0.3 is 0 Å². The van der Waals surface area contributed by atoms with Gasteiger partial charge in [-0.15, -0.1) is 0 Å². The first-order valence-corrected chi connectivity index (χ1v) is 8.84. The Morgan fingerprint density at radius 2 is 1.58 bits per heavy atom. The highest BCUT2D eigenvalue weighted by molar-refractivity contribution is 6.44. The van der Waals surface area contributed by atoms with Crippen molar-refractivity contribution in [3.05, 3.63) is 58.1 Å². The molecule has 0 aliphatic carbocycles. The Labute approximate surface area is 162 Å². The normalized spacial score (nSPS) is 10.7. The number of rotatable bonds is 7. The molecular formula is C19H20Cl2N2O3. The third kappa shape index (κ3) is 6.02. The van der Waals surface area contributed by atoms with Crippen LogP contribution in [0.4, 0.5) is 11.4 Å². The van der Waals surface area contributed by atoms with E-state index < -0.39 is 5.91 Å². The Morgan fingerprint density at radius 3 is 2.19 bits per heavy atom. The average Bonchev–Trinajstić information content (AvgIpc) is 2.59. The van der Waals surface area contributed by atoms with E-state index in [1.807, 2.05) is 24.3 Å². The van der Waals surface area contributed by atoms with E-state index in [0.29, 0.717) is 22.3 Å². The van der Waals surface area contributed by atoms with E-state index in [4.69, 9.17) is 27.9 Å². The van der Waals surface area contributed by atoms with E-state index in [9.17, 15) is 9.59 Å². The van der Waals surface area contributed by atoms with E-state index >= 15 is 0 Å². The van der Waals surface area contributed by atoms with Gasteiger partial charge in [-0.05, 0) is 35.7 Å². The number of carbonyl (C=O) groups is 2. The minimum atomic E-state index is -0.428. The quantitative estimate of drug-likeness (QED) is 0.714. The second-order valence-corrected chi connectivity index (χ2v) is 6.75. The third-order valence-electron chi connectivity index (χ3n) is 3.55. The van der Waals surface area contributed by atoms with Gasteiger partial charge in [0.05, 0.1) is 15.7 Å². The smallest absolute Gasteiger partial charge is 0.250 e. The third-order valence-corrected chi connectivity index (χ3v) is 4.37. The zero-order valence-electron chi connectivity index (χ0n) is 14.5. The van der Waals surface area contributed by atoms with Gasteiger partial charge in [0.1, 0.15) is 13.2 Å². The summed E-state index contributed by atoms with van der Waals surface area (Å²) in [5.41, 5.74) is 2.26. The Bertz CT molecular complexity index is 777. The lowest BCUT2D eigenvalue weighted by atomic mass is 10.0. The molecule has 0 aliphatic rings. The van der Waals surface area contributed by atoms with Crippen LogP contribution in [0.15, 0.2) is 42.5 Å². The van der Waals surface area contributed by atoms with Gasteiger partial charge < -0.3 is 15.4 Å². The first kappa shape index (κ1) is 20.2. The molecule has 2 amide bonds. The molecule has 2 rings (SSSR count). The van der Waals surface area contributed by atoms with Crippen LogP contribution in [0.2, 0.25) is 10.0 Å². The van der Waals surface area contributed by atoms with Crippen LogP contribution in [0.25, 0.3) is 0 Å². The molecule has 0 fully saturated rings. The number of hydrogen-bond donors (Lipinski definition) is 2. The lowest BCUT2D eigenvalue weighted by molar-refractivity contribution is -0.125. The highest BCUT2D eigenvalue weighted by Crippen LogP contribution is 2.29. The largest absolute Gasteiger partial charge is 0.362 e. The van der Waals surface area contributed by atoms with Gasteiger partial charge in [0.15, 0.2) is 0 Å². The zero-order chi connectivity index (χ0) is 19.1. The van der Waals surface area contributed by atoms with Crippen molar-refractivity contribution in [1.29, 1.82) is 0 Å². The number of carbonyl (C=O) groups excluding carboxylic acids is 2. The predicted octanol–water partition coefficient (Wildman–Crippen LogP) is 4.71. The van der Waals surface area contributed by atoms with Crippen molar-refractivity contribution in [3.63, 3.8) is 0 Å². The summed E-state index contributed by atoms with van der Waals surface area (Å²) in [6.45, 7) is 3.69.